The molecule has 0 radical (unpaired) electrons. The maximum absolute atomic E-state index is 11.3. The fraction of sp³-hybridized carbons (Fsp3) is 0.375. The molecule has 2 heterocycles. The second-order valence-electron chi connectivity index (χ2n) is 5.53. The number of aromatic nitrogens is 2. The smallest absolute Gasteiger partial charge is 0.341 e. The average molecular weight is 285 g/mol. The number of nitrogens with zero attached hydrogens (tertiary/aromatic N) is 2. The van der Waals surface area contributed by atoms with Crippen LogP contribution in [0, 0.1) is 0 Å². The largest absolute Gasteiger partial charge is 0.477 e. The SMILES string of the molecule is CCc1ccc([C@@H]2C[C@H](C)n3ncc(C(=O)O)c3N2)cc1. The molecular formula is C16H19N3O2. The molecule has 110 valence electrons. The molecule has 0 bridgehead atoms. The van der Waals surface area contributed by atoms with E-state index in [0.717, 1.165) is 12.8 Å². The van der Waals surface area contributed by atoms with Gasteiger partial charge >= 0.3 is 5.97 Å². The molecule has 3 rings (SSSR count). The lowest BCUT2D eigenvalue weighted by molar-refractivity contribution is 0.0697. The number of fused-ring (bicyclic) bond motifs is 1. The van der Waals surface area contributed by atoms with Gasteiger partial charge in [0.2, 0.25) is 0 Å². The van der Waals surface area contributed by atoms with Crippen LogP contribution in [0.4, 0.5) is 5.82 Å². The highest BCUT2D eigenvalue weighted by atomic mass is 16.4. The van der Waals surface area contributed by atoms with Crippen LogP contribution in [0.5, 0.6) is 0 Å². The molecule has 1 aromatic carbocycles. The minimum Gasteiger partial charge on any atom is -0.477 e. The lowest BCUT2D eigenvalue weighted by atomic mass is 9.96. The molecule has 0 aliphatic carbocycles. The first-order chi connectivity index (χ1) is 10.1. The summed E-state index contributed by atoms with van der Waals surface area (Å²) in [7, 11) is 0. The quantitative estimate of drug-likeness (QED) is 0.908. The Kier molecular flexibility index (Phi) is 3.41. The number of aromatic carboxylic acids is 1. The van der Waals surface area contributed by atoms with Gasteiger partial charge in [0.05, 0.1) is 18.3 Å². The molecule has 2 aromatic rings. The van der Waals surface area contributed by atoms with Crippen molar-refractivity contribution in [3.63, 3.8) is 0 Å². The summed E-state index contributed by atoms with van der Waals surface area (Å²) in [4.78, 5) is 11.3. The van der Waals surface area contributed by atoms with E-state index in [1.165, 1.54) is 17.3 Å². The first-order valence-electron chi connectivity index (χ1n) is 7.26. The van der Waals surface area contributed by atoms with Crippen LogP contribution in [-0.4, -0.2) is 20.9 Å². The highest BCUT2D eigenvalue weighted by Crippen LogP contribution is 2.36. The third-order valence-electron chi connectivity index (χ3n) is 4.12. The van der Waals surface area contributed by atoms with Crippen molar-refractivity contribution in [2.75, 3.05) is 5.32 Å². The number of anilines is 1. The number of rotatable bonds is 3. The summed E-state index contributed by atoms with van der Waals surface area (Å²) in [5.41, 5.74) is 2.72. The van der Waals surface area contributed by atoms with Gasteiger partial charge in [0, 0.05) is 0 Å². The Morgan fingerprint density at radius 3 is 2.76 bits per heavy atom. The predicted octanol–water partition coefficient (Wildman–Crippen LogP) is 3.26. The Balaban J connectivity index is 1.92. The van der Waals surface area contributed by atoms with Gasteiger partial charge < -0.3 is 10.4 Å². The van der Waals surface area contributed by atoms with E-state index in [1.807, 2.05) is 0 Å². The minimum absolute atomic E-state index is 0.119. The van der Waals surface area contributed by atoms with Crippen LogP contribution in [0.3, 0.4) is 0 Å². The summed E-state index contributed by atoms with van der Waals surface area (Å²) in [6, 6.07) is 8.79. The van der Waals surface area contributed by atoms with Crippen LogP contribution in [0.15, 0.2) is 30.5 Å². The van der Waals surface area contributed by atoms with Crippen LogP contribution < -0.4 is 5.32 Å². The zero-order chi connectivity index (χ0) is 15.0. The number of benzene rings is 1. The third kappa shape index (κ3) is 2.39. The molecule has 1 aliphatic heterocycles. The van der Waals surface area contributed by atoms with E-state index in [4.69, 9.17) is 0 Å². The maximum Gasteiger partial charge on any atom is 0.341 e. The molecule has 2 N–H and O–H groups in total. The summed E-state index contributed by atoms with van der Waals surface area (Å²) in [6.45, 7) is 4.20. The van der Waals surface area contributed by atoms with Gasteiger partial charge in [-0.3, -0.25) is 0 Å². The number of carboxylic acids is 1. The Hall–Kier alpha value is -2.30. The van der Waals surface area contributed by atoms with Gasteiger partial charge in [-0.15, -0.1) is 0 Å². The number of nitrogens with one attached hydrogen (secondary N) is 1. The van der Waals surface area contributed by atoms with Crippen LogP contribution in [0.2, 0.25) is 0 Å². The van der Waals surface area contributed by atoms with E-state index in [2.05, 4.69) is 48.5 Å². The van der Waals surface area contributed by atoms with E-state index in [0.29, 0.717) is 5.82 Å². The molecule has 0 unspecified atom stereocenters. The molecule has 0 fully saturated rings. The third-order valence-corrected chi connectivity index (χ3v) is 4.12. The van der Waals surface area contributed by atoms with Crippen molar-refractivity contribution in [1.82, 2.24) is 9.78 Å². The van der Waals surface area contributed by atoms with Crippen molar-refractivity contribution in [3.8, 4) is 0 Å². The van der Waals surface area contributed by atoms with E-state index < -0.39 is 5.97 Å². The molecule has 5 heteroatoms. The summed E-state index contributed by atoms with van der Waals surface area (Å²) < 4.78 is 1.76. The second-order valence-corrected chi connectivity index (χ2v) is 5.53. The van der Waals surface area contributed by atoms with Crippen molar-refractivity contribution >= 4 is 11.8 Å². The zero-order valence-corrected chi connectivity index (χ0v) is 12.2. The van der Waals surface area contributed by atoms with E-state index in [1.54, 1.807) is 4.68 Å². The summed E-state index contributed by atoms with van der Waals surface area (Å²) in [6.07, 6.45) is 3.33. The van der Waals surface area contributed by atoms with Crippen molar-refractivity contribution in [2.24, 2.45) is 0 Å². The molecule has 0 spiro atoms. The van der Waals surface area contributed by atoms with Crippen LogP contribution >= 0.6 is 0 Å². The second kappa shape index (κ2) is 5.24. The Morgan fingerprint density at radius 1 is 1.43 bits per heavy atom. The number of carbonyl (C=O) groups is 1. The first-order valence-corrected chi connectivity index (χ1v) is 7.26. The van der Waals surface area contributed by atoms with Crippen molar-refractivity contribution in [2.45, 2.75) is 38.8 Å². The number of hydrogen-bond donors (Lipinski definition) is 2. The topological polar surface area (TPSA) is 67.2 Å². The Labute approximate surface area is 123 Å². The fourth-order valence-corrected chi connectivity index (χ4v) is 2.87. The molecule has 0 saturated heterocycles. The molecule has 1 aromatic heterocycles. The highest BCUT2D eigenvalue weighted by molar-refractivity contribution is 5.93. The van der Waals surface area contributed by atoms with Gasteiger partial charge in [0.1, 0.15) is 11.4 Å². The lowest BCUT2D eigenvalue weighted by Gasteiger charge is -2.31. The highest BCUT2D eigenvalue weighted by Gasteiger charge is 2.29. The first kappa shape index (κ1) is 13.7. The van der Waals surface area contributed by atoms with Gasteiger partial charge in [0.25, 0.3) is 0 Å². The van der Waals surface area contributed by atoms with E-state index in [9.17, 15) is 9.90 Å². The van der Waals surface area contributed by atoms with E-state index in [-0.39, 0.29) is 17.6 Å². The van der Waals surface area contributed by atoms with Gasteiger partial charge in [0.15, 0.2) is 0 Å². The number of aryl methyl sites for hydroxylation is 1. The van der Waals surface area contributed by atoms with Crippen LogP contribution in [0.1, 0.15) is 53.8 Å². The fourth-order valence-electron chi connectivity index (χ4n) is 2.87. The van der Waals surface area contributed by atoms with Crippen molar-refractivity contribution in [1.29, 1.82) is 0 Å². The molecule has 1 aliphatic rings. The zero-order valence-electron chi connectivity index (χ0n) is 12.2. The standard InChI is InChI=1S/C16H19N3O2/c1-3-11-4-6-12(7-5-11)14-8-10(2)19-15(18-14)13(9-17-19)16(20)21/h4-7,9-10,14,18H,3,8H2,1-2H3,(H,20,21)/t10-,14-/m0/s1. The molecule has 0 saturated carbocycles. The molecular weight excluding hydrogens is 266 g/mol. The lowest BCUT2D eigenvalue weighted by Crippen LogP contribution is -2.26. The Bertz CT molecular complexity index is 661. The molecule has 2 atom stereocenters. The van der Waals surface area contributed by atoms with E-state index >= 15 is 0 Å². The summed E-state index contributed by atoms with van der Waals surface area (Å²) in [5.74, 6) is -0.344. The van der Waals surface area contributed by atoms with Crippen LogP contribution in [-0.2, 0) is 6.42 Å². The predicted molar refractivity (Wildman–Crippen MR) is 80.7 cm³/mol. The van der Waals surface area contributed by atoms with Crippen LogP contribution in [0.25, 0.3) is 0 Å². The molecule has 21 heavy (non-hydrogen) atoms. The Morgan fingerprint density at radius 2 is 2.14 bits per heavy atom. The summed E-state index contributed by atoms with van der Waals surface area (Å²) >= 11 is 0. The average Bonchev–Trinajstić information content (AvgIpc) is 2.92. The van der Waals surface area contributed by atoms with Crippen molar-refractivity contribution < 1.29 is 9.90 Å². The number of hydrogen-bond acceptors (Lipinski definition) is 3. The van der Waals surface area contributed by atoms with Crippen molar-refractivity contribution in [3.05, 3.63) is 47.2 Å². The monoisotopic (exact) mass is 285 g/mol. The normalized spacial score (nSPS) is 20.7. The van der Waals surface area contributed by atoms with Gasteiger partial charge in [-0.25, -0.2) is 9.48 Å². The minimum atomic E-state index is -0.946. The van der Waals surface area contributed by atoms with Gasteiger partial charge in [-0.1, -0.05) is 31.2 Å². The molecule has 0 amide bonds. The summed E-state index contributed by atoms with van der Waals surface area (Å²) in [5, 5.41) is 16.8. The van der Waals surface area contributed by atoms with Gasteiger partial charge in [-0.05, 0) is 30.9 Å². The number of carboxylic acid groups (broad SMARTS) is 1. The van der Waals surface area contributed by atoms with Gasteiger partial charge in [-0.2, -0.15) is 5.10 Å². The molecule has 5 nitrogen and oxygen atoms in total. The maximum atomic E-state index is 11.3.